The Morgan fingerprint density at radius 2 is 2.19 bits per heavy atom. The summed E-state index contributed by atoms with van der Waals surface area (Å²) in [6, 6.07) is 9.99. The zero-order valence-electron chi connectivity index (χ0n) is 14.3. The van der Waals surface area contributed by atoms with Crippen molar-refractivity contribution < 1.29 is 4.79 Å². The number of aliphatic imine (C=N–C) groups is 1. The van der Waals surface area contributed by atoms with Crippen LogP contribution in [0.5, 0.6) is 0 Å². The molecule has 2 aromatic rings. The molecule has 8 heteroatoms. The van der Waals surface area contributed by atoms with Gasteiger partial charge in [-0.05, 0) is 17.4 Å². The van der Waals surface area contributed by atoms with E-state index in [0.29, 0.717) is 13.0 Å². The fraction of sp³-hybridized carbons (Fsp3) is 0.333. The predicted octanol–water partition coefficient (Wildman–Crippen LogP) is 2.18. The number of hydrogen-bond acceptors (Lipinski definition) is 6. The van der Waals surface area contributed by atoms with Gasteiger partial charge in [0.15, 0.2) is 5.17 Å². The van der Waals surface area contributed by atoms with Crippen molar-refractivity contribution in [2.45, 2.75) is 25.4 Å². The molecule has 134 valence electrons. The third-order valence-corrected chi connectivity index (χ3v) is 5.39. The van der Waals surface area contributed by atoms with Gasteiger partial charge in [0.25, 0.3) is 0 Å². The zero-order chi connectivity index (χ0) is 17.8. The number of amidine groups is 1. The van der Waals surface area contributed by atoms with E-state index in [2.05, 4.69) is 25.3 Å². The van der Waals surface area contributed by atoms with Crippen molar-refractivity contribution in [1.29, 1.82) is 0 Å². The average Bonchev–Trinajstić information content (AvgIpc) is 3.39. The molecular formula is C18H20N6OS. The Morgan fingerprint density at radius 3 is 3.00 bits per heavy atom. The van der Waals surface area contributed by atoms with Gasteiger partial charge in [0, 0.05) is 18.8 Å². The van der Waals surface area contributed by atoms with Gasteiger partial charge in [-0.3, -0.25) is 14.5 Å². The molecule has 0 saturated heterocycles. The van der Waals surface area contributed by atoms with Gasteiger partial charge in [0.2, 0.25) is 5.91 Å². The number of carbonyl (C=O) groups is 1. The maximum atomic E-state index is 12.7. The summed E-state index contributed by atoms with van der Waals surface area (Å²) >= 11 is 1.60. The Bertz CT molecular complexity index is 817. The van der Waals surface area contributed by atoms with Crippen molar-refractivity contribution in [3.8, 4) is 0 Å². The topological polar surface area (TPSA) is 75.4 Å². The van der Waals surface area contributed by atoms with Crippen LogP contribution in [0.15, 0.2) is 59.1 Å². The van der Waals surface area contributed by atoms with Crippen molar-refractivity contribution in [3.63, 3.8) is 0 Å². The summed E-state index contributed by atoms with van der Waals surface area (Å²) in [6.45, 7) is 2.38. The van der Waals surface area contributed by atoms with E-state index in [1.165, 1.54) is 6.33 Å². The molecule has 7 nitrogen and oxygen atoms in total. The van der Waals surface area contributed by atoms with Gasteiger partial charge < -0.3 is 10.2 Å². The predicted molar refractivity (Wildman–Crippen MR) is 101 cm³/mol. The highest BCUT2D eigenvalue weighted by Gasteiger charge is 2.28. The van der Waals surface area contributed by atoms with Crippen LogP contribution in [0.2, 0.25) is 0 Å². The molecule has 0 bridgehead atoms. The molecule has 1 amide bonds. The van der Waals surface area contributed by atoms with Gasteiger partial charge in [-0.25, -0.2) is 4.98 Å². The normalized spacial score (nSPS) is 16.8. The number of amides is 1. The first-order valence-corrected chi connectivity index (χ1v) is 9.52. The van der Waals surface area contributed by atoms with Crippen molar-refractivity contribution in [2.75, 3.05) is 13.1 Å². The van der Waals surface area contributed by atoms with Crippen molar-refractivity contribution in [3.05, 3.63) is 59.7 Å². The van der Waals surface area contributed by atoms with Gasteiger partial charge in [0.05, 0.1) is 19.0 Å². The largest absolute Gasteiger partial charge is 0.349 e. The van der Waals surface area contributed by atoms with Crippen LogP contribution in [0.1, 0.15) is 24.4 Å². The second-order valence-corrected chi connectivity index (χ2v) is 7.03. The molecule has 0 aliphatic carbocycles. The van der Waals surface area contributed by atoms with Crippen LogP contribution < -0.4 is 5.32 Å². The molecule has 4 rings (SSSR count). The van der Waals surface area contributed by atoms with Crippen molar-refractivity contribution in [2.24, 2.45) is 4.99 Å². The van der Waals surface area contributed by atoms with Crippen molar-refractivity contribution >= 4 is 22.8 Å². The Balaban J connectivity index is 1.40. The second-order valence-electron chi connectivity index (χ2n) is 6.20. The lowest BCUT2D eigenvalue weighted by molar-refractivity contribution is -0.121. The lowest BCUT2D eigenvalue weighted by Gasteiger charge is -2.21. The minimum atomic E-state index is -0.0609. The maximum Gasteiger partial charge on any atom is 0.226 e. The molecule has 1 aromatic carbocycles. The summed E-state index contributed by atoms with van der Waals surface area (Å²) in [5.41, 5.74) is 2.13. The number of rotatable bonds is 7. The smallest absolute Gasteiger partial charge is 0.226 e. The first-order valence-electron chi connectivity index (χ1n) is 8.64. The number of fused-ring (bicyclic) bond motifs is 1. The summed E-state index contributed by atoms with van der Waals surface area (Å²) in [4.78, 5) is 23.2. The summed E-state index contributed by atoms with van der Waals surface area (Å²) in [7, 11) is 0. The van der Waals surface area contributed by atoms with Gasteiger partial charge >= 0.3 is 0 Å². The minimum Gasteiger partial charge on any atom is -0.349 e. The number of nitrogens with zero attached hydrogens (tertiary/aromatic N) is 5. The molecule has 1 unspecified atom stereocenters. The summed E-state index contributed by atoms with van der Waals surface area (Å²) in [5.74, 6) is 0.0254. The van der Waals surface area contributed by atoms with Crippen LogP contribution >= 0.6 is 11.8 Å². The molecule has 1 aromatic heterocycles. The fourth-order valence-electron chi connectivity index (χ4n) is 3.14. The summed E-state index contributed by atoms with van der Waals surface area (Å²) in [5, 5.41) is 10.4. The Hall–Kier alpha value is -2.61. The Labute approximate surface area is 156 Å². The molecular weight excluding hydrogens is 348 g/mol. The van der Waals surface area contributed by atoms with Crippen LogP contribution in [0.4, 0.5) is 0 Å². The molecule has 0 radical (unpaired) electrons. The number of nitrogens with one attached hydrogen (secondary N) is 1. The number of carbonyl (C=O) groups excluding carboxylic acids is 1. The highest BCUT2D eigenvalue weighted by molar-refractivity contribution is 8.16. The van der Waals surface area contributed by atoms with Crippen molar-refractivity contribution in [1.82, 2.24) is 25.0 Å². The van der Waals surface area contributed by atoms with E-state index in [9.17, 15) is 4.79 Å². The Morgan fingerprint density at radius 1 is 1.31 bits per heavy atom. The second kappa shape index (κ2) is 7.74. The maximum absolute atomic E-state index is 12.7. The molecule has 0 fully saturated rings. The van der Waals surface area contributed by atoms with E-state index in [-0.39, 0.29) is 11.9 Å². The number of aryl methyl sites for hydroxylation is 1. The molecule has 1 N–H and O–H groups in total. The van der Waals surface area contributed by atoms with Crippen LogP contribution in [-0.2, 0) is 11.3 Å². The molecule has 3 heterocycles. The first-order chi connectivity index (χ1) is 12.8. The summed E-state index contributed by atoms with van der Waals surface area (Å²) < 4.78 is 1.78. The third-order valence-electron chi connectivity index (χ3n) is 4.44. The monoisotopic (exact) mass is 368 g/mol. The molecule has 26 heavy (non-hydrogen) atoms. The van der Waals surface area contributed by atoms with E-state index in [1.807, 2.05) is 35.7 Å². The van der Waals surface area contributed by atoms with E-state index in [0.717, 1.165) is 35.9 Å². The summed E-state index contributed by atoms with van der Waals surface area (Å²) in [6.07, 6.45) is 4.34. The van der Waals surface area contributed by atoms with Crippen LogP contribution in [0.3, 0.4) is 0 Å². The Kier molecular flexibility index (Phi) is 5.01. The van der Waals surface area contributed by atoms with Gasteiger partial charge in [-0.1, -0.05) is 42.1 Å². The van der Waals surface area contributed by atoms with E-state index < -0.39 is 0 Å². The molecule has 2 aliphatic heterocycles. The number of aromatic nitrogens is 3. The molecule has 0 spiro atoms. The van der Waals surface area contributed by atoms with Gasteiger partial charge in [0.1, 0.15) is 12.7 Å². The quantitative estimate of drug-likeness (QED) is 0.811. The average molecular weight is 368 g/mol. The lowest BCUT2D eigenvalue weighted by atomic mass is 10.0. The van der Waals surface area contributed by atoms with E-state index >= 15 is 0 Å². The highest BCUT2D eigenvalue weighted by atomic mass is 32.2. The van der Waals surface area contributed by atoms with E-state index in [1.54, 1.807) is 22.8 Å². The number of benzene rings is 1. The zero-order valence-corrected chi connectivity index (χ0v) is 15.1. The van der Waals surface area contributed by atoms with E-state index in [4.69, 9.17) is 0 Å². The highest BCUT2D eigenvalue weighted by Crippen LogP contribution is 2.31. The van der Waals surface area contributed by atoms with Crippen LogP contribution in [0.25, 0.3) is 0 Å². The standard InChI is InChI=1S/C18H20N6OS/c25-17(10-15-11-26-18-20-7-9-24(15)18)22-16(14-4-2-1-3-5-14)6-8-23-13-19-12-21-23/h1-5,11-13,16H,6-10H2,(H,22,25). The SMILES string of the molecule is O=C(CC1=CSC2=NCCN12)NC(CCn1cncn1)c1ccccc1. The van der Waals surface area contributed by atoms with Crippen LogP contribution in [0, 0.1) is 0 Å². The molecule has 0 saturated carbocycles. The van der Waals surface area contributed by atoms with Crippen LogP contribution in [-0.4, -0.2) is 43.8 Å². The first kappa shape index (κ1) is 16.8. The molecule has 2 aliphatic rings. The van der Waals surface area contributed by atoms with Gasteiger partial charge in [-0.2, -0.15) is 5.10 Å². The lowest BCUT2D eigenvalue weighted by Crippen LogP contribution is -2.32. The fourth-order valence-corrected chi connectivity index (χ4v) is 4.10. The third kappa shape index (κ3) is 3.80. The minimum absolute atomic E-state index is 0.0254. The number of thioether (sulfide) groups is 1. The number of hydrogen-bond donors (Lipinski definition) is 1. The van der Waals surface area contributed by atoms with Gasteiger partial charge in [-0.15, -0.1) is 0 Å². The molecule has 1 atom stereocenters.